The molecule has 2 amide bonds. The van der Waals surface area contributed by atoms with Crippen molar-refractivity contribution in [1.82, 2.24) is 10.2 Å². The van der Waals surface area contributed by atoms with Crippen LogP contribution < -0.4 is 20.5 Å². The number of nitrogens with two attached hydrogens (primary N) is 1. The number of nitrogens with zero attached hydrogens (tertiary/aromatic N) is 2. The van der Waals surface area contributed by atoms with Crippen LogP contribution in [0.3, 0.4) is 0 Å². The van der Waals surface area contributed by atoms with Crippen molar-refractivity contribution in [3.05, 3.63) is 59.2 Å². The highest BCUT2D eigenvalue weighted by Gasteiger charge is 2.46. The first kappa shape index (κ1) is 27.4. The smallest absolute Gasteiger partial charge is 0.251 e. The number of rotatable bonds is 10. The summed E-state index contributed by atoms with van der Waals surface area (Å²) in [6.45, 7) is 8.74. The normalized spacial score (nSPS) is 21.9. The molecule has 2 aliphatic heterocycles. The van der Waals surface area contributed by atoms with Crippen molar-refractivity contribution < 1.29 is 23.8 Å². The van der Waals surface area contributed by atoms with Crippen LogP contribution in [0.5, 0.6) is 11.5 Å². The second kappa shape index (κ2) is 11.0. The number of para-hydroxylation sites is 1. The largest absolute Gasteiger partial charge is 0.494 e. The average Bonchev–Trinajstić information content (AvgIpc) is 3.17. The summed E-state index contributed by atoms with van der Waals surface area (Å²) in [5, 5.41) is 3.14. The number of hydrogen-bond acceptors (Lipinski definition) is 7. The second-order valence-corrected chi connectivity index (χ2v) is 10.1. The number of carbonyl (C=O) groups is 2. The van der Waals surface area contributed by atoms with Crippen LogP contribution in [0.15, 0.2) is 47.5 Å². The molecule has 204 valence electrons. The van der Waals surface area contributed by atoms with Crippen molar-refractivity contribution in [1.29, 1.82) is 0 Å². The van der Waals surface area contributed by atoms with Gasteiger partial charge in [0, 0.05) is 23.8 Å². The Morgan fingerprint density at radius 2 is 1.95 bits per heavy atom. The van der Waals surface area contributed by atoms with Crippen molar-refractivity contribution in [2.24, 2.45) is 10.7 Å². The van der Waals surface area contributed by atoms with Crippen LogP contribution in [0.1, 0.15) is 74.5 Å². The van der Waals surface area contributed by atoms with Crippen molar-refractivity contribution in [3.8, 4) is 11.5 Å². The predicted molar refractivity (Wildman–Crippen MR) is 145 cm³/mol. The van der Waals surface area contributed by atoms with Gasteiger partial charge in [-0.1, -0.05) is 32.0 Å². The van der Waals surface area contributed by atoms with Gasteiger partial charge in [-0.3, -0.25) is 14.5 Å². The molecule has 38 heavy (non-hydrogen) atoms. The maximum atomic E-state index is 13.5. The van der Waals surface area contributed by atoms with E-state index < -0.39 is 17.2 Å². The number of fused-ring (bicyclic) bond motifs is 1. The number of amides is 2. The number of carbonyl (C=O) groups excluding carboxylic acids is 2. The number of benzene rings is 2. The summed E-state index contributed by atoms with van der Waals surface area (Å²) >= 11 is 0. The van der Waals surface area contributed by atoms with Crippen LogP contribution in [0.4, 0.5) is 0 Å². The molecule has 0 aliphatic carbocycles. The lowest BCUT2D eigenvalue weighted by atomic mass is 9.88. The van der Waals surface area contributed by atoms with Gasteiger partial charge in [0.15, 0.2) is 11.6 Å². The van der Waals surface area contributed by atoms with Gasteiger partial charge in [-0.2, -0.15) is 0 Å². The van der Waals surface area contributed by atoms with E-state index in [-0.39, 0.29) is 24.3 Å². The summed E-state index contributed by atoms with van der Waals surface area (Å²) in [4.78, 5) is 32.8. The van der Waals surface area contributed by atoms with E-state index in [0.29, 0.717) is 36.5 Å². The number of methoxy groups -OCH3 is 1. The van der Waals surface area contributed by atoms with Crippen LogP contribution in [-0.4, -0.2) is 54.1 Å². The summed E-state index contributed by atoms with van der Waals surface area (Å²) in [7, 11) is 1.61. The summed E-state index contributed by atoms with van der Waals surface area (Å²) in [5.74, 6) is 1.14. The standard InChI is InChI=1S/C29H38N4O5/c1-6-29(7-2)16-24(34)33(27(30)32-29)17-20-15-19(13-14-22(20)37-8-3)26(35)31-25-21-11-9-10-12-23(21)38-28(25,4)18-36-5/h9-15,25H,6-8,16-18H2,1-5H3,(H2,30,32)(H,31,35). The van der Waals surface area contributed by atoms with Gasteiger partial charge in [0.2, 0.25) is 5.91 Å². The average molecular weight is 523 g/mol. The van der Waals surface area contributed by atoms with Crippen molar-refractivity contribution >= 4 is 17.8 Å². The van der Waals surface area contributed by atoms with Crippen LogP contribution >= 0.6 is 0 Å². The summed E-state index contributed by atoms with van der Waals surface area (Å²) in [6, 6.07) is 12.5. The minimum atomic E-state index is -0.765. The van der Waals surface area contributed by atoms with E-state index in [0.717, 1.165) is 24.2 Å². The number of ether oxygens (including phenoxy) is 3. The summed E-state index contributed by atoms with van der Waals surface area (Å²) in [6.07, 6.45) is 1.77. The number of hydrogen-bond donors (Lipinski definition) is 2. The molecule has 2 aromatic carbocycles. The molecule has 2 aliphatic rings. The third-order valence-corrected chi connectivity index (χ3v) is 7.57. The number of nitrogens with one attached hydrogen (secondary N) is 1. The third kappa shape index (κ3) is 5.20. The first-order valence-corrected chi connectivity index (χ1v) is 13.2. The predicted octanol–water partition coefficient (Wildman–Crippen LogP) is 3.96. The van der Waals surface area contributed by atoms with E-state index in [1.807, 2.05) is 52.0 Å². The topological polar surface area (TPSA) is 115 Å². The van der Waals surface area contributed by atoms with Gasteiger partial charge in [0.05, 0.1) is 37.8 Å². The molecular weight excluding hydrogens is 484 g/mol. The molecule has 2 heterocycles. The van der Waals surface area contributed by atoms with Crippen molar-refractivity contribution in [2.45, 2.75) is 70.7 Å². The molecule has 0 saturated carbocycles. The molecule has 3 N–H and O–H groups in total. The Bertz CT molecular complexity index is 1230. The zero-order valence-corrected chi connectivity index (χ0v) is 22.9. The number of guanidine groups is 1. The van der Waals surface area contributed by atoms with Crippen LogP contribution in [0, 0.1) is 0 Å². The summed E-state index contributed by atoms with van der Waals surface area (Å²) < 4.78 is 17.4. The first-order valence-electron chi connectivity index (χ1n) is 13.2. The highest BCUT2D eigenvalue weighted by atomic mass is 16.5. The molecular formula is C29H38N4O5. The Labute approximate surface area is 224 Å². The van der Waals surface area contributed by atoms with E-state index >= 15 is 0 Å². The molecule has 4 rings (SSSR count). The highest BCUT2D eigenvalue weighted by molar-refractivity contribution is 5.99. The van der Waals surface area contributed by atoms with Crippen LogP contribution in [-0.2, 0) is 16.1 Å². The van der Waals surface area contributed by atoms with E-state index in [1.165, 1.54) is 4.90 Å². The van der Waals surface area contributed by atoms with E-state index in [2.05, 4.69) is 10.3 Å². The van der Waals surface area contributed by atoms with Gasteiger partial charge in [0.1, 0.15) is 11.5 Å². The first-order chi connectivity index (χ1) is 18.2. The van der Waals surface area contributed by atoms with Crippen LogP contribution in [0.2, 0.25) is 0 Å². The fourth-order valence-electron chi connectivity index (χ4n) is 5.28. The molecule has 0 spiro atoms. The molecule has 2 unspecified atom stereocenters. The minimum Gasteiger partial charge on any atom is -0.494 e. The third-order valence-electron chi connectivity index (χ3n) is 7.57. The lowest BCUT2D eigenvalue weighted by Gasteiger charge is -2.36. The second-order valence-electron chi connectivity index (χ2n) is 10.1. The van der Waals surface area contributed by atoms with Gasteiger partial charge in [0.25, 0.3) is 5.91 Å². The zero-order valence-electron chi connectivity index (χ0n) is 22.9. The van der Waals surface area contributed by atoms with Gasteiger partial charge in [-0.25, -0.2) is 4.99 Å². The lowest BCUT2D eigenvalue weighted by Crippen LogP contribution is -2.50. The Hall–Kier alpha value is -3.59. The fourth-order valence-corrected chi connectivity index (χ4v) is 5.28. The quantitative estimate of drug-likeness (QED) is 0.488. The molecule has 0 radical (unpaired) electrons. The molecule has 2 aromatic rings. The Kier molecular flexibility index (Phi) is 7.97. The maximum Gasteiger partial charge on any atom is 0.251 e. The van der Waals surface area contributed by atoms with E-state index in [1.54, 1.807) is 25.3 Å². The molecule has 0 saturated heterocycles. The zero-order chi connectivity index (χ0) is 27.5. The van der Waals surface area contributed by atoms with Crippen molar-refractivity contribution in [3.63, 3.8) is 0 Å². The highest BCUT2D eigenvalue weighted by Crippen LogP contribution is 2.43. The minimum absolute atomic E-state index is 0.0893. The van der Waals surface area contributed by atoms with Crippen LogP contribution in [0.25, 0.3) is 0 Å². The SMILES string of the molecule is CCOc1ccc(C(=O)NC2c3ccccc3OC2(C)COC)cc1CN1C(=O)CC(CC)(CC)N=C1N. The van der Waals surface area contributed by atoms with Gasteiger partial charge in [-0.15, -0.1) is 0 Å². The molecule has 0 fully saturated rings. The van der Waals surface area contributed by atoms with E-state index in [9.17, 15) is 9.59 Å². The van der Waals surface area contributed by atoms with Crippen molar-refractivity contribution in [2.75, 3.05) is 20.3 Å². The molecule has 0 bridgehead atoms. The Balaban J connectivity index is 1.62. The summed E-state index contributed by atoms with van der Waals surface area (Å²) in [5.41, 5.74) is 7.06. The number of aliphatic imine (C=N–C) groups is 1. The Morgan fingerprint density at radius 1 is 1.21 bits per heavy atom. The molecule has 9 heteroatoms. The fraction of sp³-hybridized carbons (Fsp3) is 0.483. The van der Waals surface area contributed by atoms with Gasteiger partial charge >= 0.3 is 0 Å². The molecule has 0 aromatic heterocycles. The van der Waals surface area contributed by atoms with Gasteiger partial charge in [-0.05, 0) is 51.0 Å². The molecule has 2 atom stereocenters. The van der Waals surface area contributed by atoms with Gasteiger partial charge < -0.3 is 25.3 Å². The molecule has 9 nitrogen and oxygen atoms in total. The maximum absolute atomic E-state index is 13.5. The Morgan fingerprint density at radius 3 is 2.61 bits per heavy atom. The monoisotopic (exact) mass is 522 g/mol. The van der Waals surface area contributed by atoms with E-state index in [4.69, 9.17) is 19.9 Å². The lowest BCUT2D eigenvalue weighted by molar-refractivity contribution is -0.130.